The Morgan fingerprint density at radius 1 is 1.11 bits per heavy atom. The summed E-state index contributed by atoms with van der Waals surface area (Å²) in [4.78, 5) is 16.3. The quantitative estimate of drug-likeness (QED) is 0.540. The standard InChI is InChI=1S/C30H41ClN4O2/c1-29(2,3)35-8-7-25(33-35)24-15-26(34(9-10-36)27(24)22-5-4-6-23(31)14-22)28(37)32-30-16-19-11-20(17-30)13-21(12-19)18-30/h4-8,14,19-21,24,26-27,36H,9-13,15-18H2,1-3H3,(H,32,37)/t19?,20?,21?,24-,26+,27+,30?/m1/s1. The summed E-state index contributed by atoms with van der Waals surface area (Å²) in [5.74, 6) is 2.48. The van der Waals surface area contributed by atoms with Crippen LogP contribution in [0.5, 0.6) is 0 Å². The molecular weight excluding hydrogens is 484 g/mol. The Bertz CT molecular complexity index is 1120. The van der Waals surface area contributed by atoms with Crippen LogP contribution in [0.2, 0.25) is 5.02 Å². The molecule has 37 heavy (non-hydrogen) atoms. The maximum absolute atomic E-state index is 14.1. The van der Waals surface area contributed by atoms with E-state index in [1.54, 1.807) is 0 Å². The number of halogens is 1. The van der Waals surface area contributed by atoms with Crippen molar-refractivity contribution >= 4 is 17.5 Å². The van der Waals surface area contributed by atoms with Gasteiger partial charge in [0.2, 0.25) is 5.91 Å². The molecule has 0 radical (unpaired) electrons. The molecule has 1 saturated heterocycles. The number of benzene rings is 1. The fourth-order valence-electron chi connectivity index (χ4n) is 8.51. The molecule has 3 atom stereocenters. The van der Waals surface area contributed by atoms with Crippen molar-refractivity contribution in [1.29, 1.82) is 0 Å². The van der Waals surface area contributed by atoms with E-state index in [1.807, 2.05) is 29.1 Å². The molecule has 2 heterocycles. The van der Waals surface area contributed by atoms with Gasteiger partial charge in [-0.1, -0.05) is 23.7 Å². The molecule has 7 rings (SSSR count). The third kappa shape index (κ3) is 4.74. The topological polar surface area (TPSA) is 70.4 Å². The SMILES string of the molecule is CC(C)(C)n1ccc([C@H]2C[C@@H](C(=O)NC34CC5CC(CC(C5)C3)C4)N(CCO)[C@H]2c2cccc(Cl)c2)n1. The molecule has 1 aromatic heterocycles. The molecule has 1 aliphatic heterocycles. The second kappa shape index (κ2) is 9.39. The number of β-amino-alcohol motifs (C(OH)–C–C–N with tert-alkyl or cyclic N) is 1. The summed E-state index contributed by atoms with van der Waals surface area (Å²) in [5, 5.41) is 19.4. The number of hydrogen-bond acceptors (Lipinski definition) is 4. The first-order chi connectivity index (χ1) is 17.6. The molecular formula is C30H41ClN4O2. The van der Waals surface area contributed by atoms with Gasteiger partial charge in [-0.05, 0) is 107 Å². The van der Waals surface area contributed by atoms with Crippen molar-refractivity contribution in [2.45, 2.75) is 94.8 Å². The zero-order chi connectivity index (χ0) is 25.9. The van der Waals surface area contributed by atoms with Gasteiger partial charge in [-0.2, -0.15) is 5.10 Å². The summed E-state index contributed by atoms with van der Waals surface area (Å²) < 4.78 is 2.01. The van der Waals surface area contributed by atoms with Gasteiger partial charge >= 0.3 is 0 Å². The maximum Gasteiger partial charge on any atom is 0.237 e. The van der Waals surface area contributed by atoms with Crippen LogP contribution in [0.15, 0.2) is 36.5 Å². The van der Waals surface area contributed by atoms with E-state index < -0.39 is 0 Å². The molecule has 5 fully saturated rings. The molecule has 5 aliphatic rings. The van der Waals surface area contributed by atoms with Gasteiger partial charge in [0.25, 0.3) is 0 Å². The number of carbonyl (C=O) groups is 1. The van der Waals surface area contributed by atoms with Crippen molar-refractivity contribution in [3.63, 3.8) is 0 Å². The highest BCUT2D eigenvalue weighted by atomic mass is 35.5. The lowest BCUT2D eigenvalue weighted by atomic mass is 9.53. The Morgan fingerprint density at radius 2 is 1.78 bits per heavy atom. The maximum atomic E-state index is 14.1. The number of aliphatic hydroxyl groups is 1. The van der Waals surface area contributed by atoms with Crippen molar-refractivity contribution in [3.8, 4) is 0 Å². The van der Waals surface area contributed by atoms with Crippen molar-refractivity contribution in [3.05, 3.63) is 52.8 Å². The van der Waals surface area contributed by atoms with Crippen molar-refractivity contribution < 1.29 is 9.90 Å². The third-order valence-corrected chi connectivity index (χ3v) is 9.81. The number of nitrogens with one attached hydrogen (secondary N) is 1. The van der Waals surface area contributed by atoms with E-state index in [0.717, 1.165) is 48.3 Å². The van der Waals surface area contributed by atoms with Crippen LogP contribution in [0.1, 0.15) is 88.9 Å². The first-order valence-electron chi connectivity index (χ1n) is 14.1. The molecule has 4 saturated carbocycles. The monoisotopic (exact) mass is 524 g/mol. The first-order valence-corrected chi connectivity index (χ1v) is 14.5. The van der Waals surface area contributed by atoms with E-state index in [-0.39, 0.29) is 41.6 Å². The molecule has 7 heteroatoms. The Balaban J connectivity index is 1.33. The summed E-state index contributed by atoms with van der Waals surface area (Å²) >= 11 is 6.44. The Labute approximate surface area is 225 Å². The van der Waals surface area contributed by atoms with Gasteiger partial charge in [-0.25, -0.2) is 0 Å². The number of amides is 1. The zero-order valence-electron chi connectivity index (χ0n) is 22.4. The Morgan fingerprint density at radius 3 is 2.35 bits per heavy atom. The van der Waals surface area contributed by atoms with Crippen LogP contribution in [0.3, 0.4) is 0 Å². The van der Waals surface area contributed by atoms with Crippen LogP contribution < -0.4 is 5.32 Å². The van der Waals surface area contributed by atoms with E-state index in [0.29, 0.717) is 18.0 Å². The third-order valence-electron chi connectivity index (χ3n) is 9.57. The summed E-state index contributed by atoms with van der Waals surface area (Å²) in [5.41, 5.74) is 1.91. The molecule has 200 valence electrons. The van der Waals surface area contributed by atoms with Gasteiger partial charge in [-0.3, -0.25) is 14.4 Å². The lowest BCUT2D eigenvalue weighted by Crippen LogP contribution is -2.62. The second-order valence-corrected chi connectivity index (χ2v) is 13.8. The summed E-state index contributed by atoms with van der Waals surface area (Å²) in [6, 6.07) is 9.66. The highest BCUT2D eigenvalue weighted by Gasteiger charge is 2.53. The number of nitrogens with zero attached hydrogens (tertiary/aromatic N) is 3. The largest absolute Gasteiger partial charge is 0.395 e. The molecule has 2 aromatic rings. The smallest absolute Gasteiger partial charge is 0.237 e. The molecule has 0 spiro atoms. The number of hydrogen-bond donors (Lipinski definition) is 2. The fraction of sp³-hybridized carbons (Fsp3) is 0.667. The van der Waals surface area contributed by atoms with Crippen LogP contribution >= 0.6 is 11.6 Å². The number of aliphatic hydroxyl groups excluding tert-OH is 1. The van der Waals surface area contributed by atoms with Crippen LogP contribution in [0.4, 0.5) is 0 Å². The van der Waals surface area contributed by atoms with Gasteiger partial charge in [-0.15, -0.1) is 0 Å². The molecule has 1 aromatic carbocycles. The lowest BCUT2D eigenvalue weighted by Gasteiger charge is -2.57. The molecule has 4 aliphatic carbocycles. The minimum absolute atomic E-state index is 0.00135. The minimum Gasteiger partial charge on any atom is -0.395 e. The molecule has 4 bridgehead atoms. The van der Waals surface area contributed by atoms with Crippen LogP contribution in [-0.2, 0) is 10.3 Å². The van der Waals surface area contributed by atoms with Gasteiger partial charge < -0.3 is 10.4 Å². The second-order valence-electron chi connectivity index (χ2n) is 13.4. The highest BCUT2D eigenvalue weighted by molar-refractivity contribution is 6.30. The van der Waals surface area contributed by atoms with E-state index in [9.17, 15) is 9.90 Å². The van der Waals surface area contributed by atoms with Gasteiger partial charge in [0.15, 0.2) is 0 Å². The lowest BCUT2D eigenvalue weighted by molar-refractivity contribution is -0.131. The average molecular weight is 525 g/mol. The van der Waals surface area contributed by atoms with Crippen molar-refractivity contribution in [2.75, 3.05) is 13.2 Å². The van der Waals surface area contributed by atoms with E-state index in [4.69, 9.17) is 16.7 Å². The number of rotatable bonds is 6. The van der Waals surface area contributed by atoms with Gasteiger partial charge in [0.1, 0.15) is 0 Å². The summed E-state index contributed by atoms with van der Waals surface area (Å²) in [6.45, 7) is 6.87. The van der Waals surface area contributed by atoms with Crippen molar-refractivity contribution in [2.24, 2.45) is 17.8 Å². The summed E-state index contributed by atoms with van der Waals surface area (Å²) in [7, 11) is 0. The number of likely N-dealkylation sites (tertiary alicyclic amines) is 1. The normalized spacial score (nSPS) is 35.3. The predicted molar refractivity (Wildman–Crippen MR) is 145 cm³/mol. The summed E-state index contributed by atoms with van der Waals surface area (Å²) in [6.07, 6.45) is 10.2. The van der Waals surface area contributed by atoms with Gasteiger partial charge in [0, 0.05) is 35.3 Å². The number of carbonyl (C=O) groups excluding carboxylic acids is 1. The van der Waals surface area contributed by atoms with Crippen LogP contribution in [0.25, 0.3) is 0 Å². The zero-order valence-corrected chi connectivity index (χ0v) is 23.1. The molecule has 0 unspecified atom stereocenters. The Kier molecular flexibility index (Phi) is 6.44. The van der Waals surface area contributed by atoms with E-state index in [2.05, 4.69) is 43.1 Å². The van der Waals surface area contributed by atoms with Crippen LogP contribution in [0, 0.1) is 17.8 Å². The minimum atomic E-state index is -0.311. The van der Waals surface area contributed by atoms with Crippen molar-refractivity contribution in [1.82, 2.24) is 20.0 Å². The van der Waals surface area contributed by atoms with Gasteiger partial charge in [0.05, 0.1) is 23.9 Å². The van der Waals surface area contributed by atoms with E-state index >= 15 is 0 Å². The highest BCUT2D eigenvalue weighted by Crippen LogP contribution is 2.56. The van der Waals surface area contributed by atoms with E-state index in [1.165, 1.54) is 19.3 Å². The average Bonchev–Trinajstić information content (AvgIpc) is 3.43. The molecule has 1 amide bonds. The fourth-order valence-corrected chi connectivity index (χ4v) is 8.71. The molecule has 6 nitrogen and oxygen atoms in total. The number of aromatic nitrogens is 2. The Hall–Kier alpha value is -1.89. The first kappa shape index (κ1) is 25.4. The predicted octanol–water partition coefficient (Wildman–Crippen LogP) is 5.27. The molecule has 2 N–H and O–H groups in total. The van der Waals surface area contributed by atoms with Crippen LogP contribution in [-0.4, -0.2) is 50.4 Å².